The molecule has 22 rings (SSSR count). The number of nitrogens with zero attached hydrogens (tertiary/aromatic N) is 4. The van der Waals surface area contributed by atoms with Gasteiger partial charge in [-0.15, -0.1) is 0 Å². The van der Waals surface area contributed by atoms with Crippen LogP contribution < -0.4 is 35.7 Å². The lowest BCUT2D eigenvalue weighted by Crippen LogP contribution is -2.20. The lowest BCUT2D eigenvalue weighted by Gasteiger charge is -2.26. The maximum Gasteiger partial charge on any atom is 0.707 e. The summed E-state index contributed by atoms with van der Waals surface area (Å²) in [5.74, 6) is 0.373. The topological polar surface area (TPSA) is 115 Å². The molecule has 0 saturated heterocycles. The third kappa shape index (κ3) is 25.5. The summed E-state index contributed by atoms with van der Waals surface area (Å²) in [6, 6.07) is 168. The Morgan fingerprint density at radius 1 is 0.230 bits per heavy atom. The molecule has 0 unspecified atom stereocenters. The number of halogens is 8. The summed E-state index contributed by atoms with van der Waals surface area (Å²) in [4.78, 5) is 9.06. The monoisotopic (exact) mass is 2580 g/mol. The molecule has 0 atom stereocenters. The van der Waals surface area contributed by atoms with E-state index in [4.69, 9.17) is 26.2 Å². The number of nitrogen functional groups attached to an aromatic ring is 2. The fourth-order valence-electron chi connectivity index (χ4n) is 18.1. The van der Waals surface area contributed by atoms with Gasteiger partial charge in [0, 0.05) is 114 Å². The first-order chi connectivity index (χ1) is 71.5. The predicted molar refractivity (Wildman–Crippen MR) is 674 cm³/mol. The average Bonchev–Trinajstić information content (AvgIpc) is 0.749. The fraction of sp³-hybridized carbons (Fsp3) is 0.0615. The molecule has 0 spiro atoms. The quantitative estimate of drug-likeness (QED) is 0.0379. The summed E-state index contributed by atoms with van der Waals surface area (Å²) in [6.07, 6.45) is 0. The fourth-order valence-corrected chi connectivity index (χ4v) is 22.7. The average molecular weight is 2590 g/mol. The Hall–Kier alpha value is -12.7. The minimum atomic E-state index is -1.86. The first-order valence-corrected chi connectivity index (χ1v) is 55.5. The zero-order valence-electron chi connectivity index (χ0n) is 82.0. The van der Waals surface area contributed by atoms with Crippen LogP contribution in [0.5, 0.6) is 5.75 Å². The van der Waals surface area contributed by atoms with Crippen molar-refractivity contribution in [3.63, 3.8) is 0 Å². The molecule has 22 aromatic rings. The summed E-state index contributed by atoms with van der Waals surface area (Å²) in [5, 5.41) is 29.6. The van der Waals surface area contributed by atoms with Gasteiger partial charge in [-0.2, -0.15) is 0 Å². The van der Waals surface area contributed by atoms with Crippen molar-refractivity contribution in [3.05, 3.63) is 523 Å². The Bertz CT molecular complexity index is 8020. The number of para-hydroxylation sites is 8. The molecule has 22 aromatic carbocycles. The number of fused-ring (bicyclic) bond motifs is 5. The van der Waals surface area contributed by atoms with E-state index >= 15 is 0 Å². The SMILES string of the molecule is Brc1ccc2ccc(I)cc2c1.Brc1ccc2ccc(N(c3ccccc3)c3ccccc3)cc2c1.CC(C)(C)c1ccc(-c2cc(-c3cc4ccc(N(c5ccccc5)c5ccccc5)cc4cc3Br)c(N)c(-c3cc4ccc(N(c5ccccc5)c5ccccc5)cc4cc3Br)c2)cc1.CC(C)(C)c1ccc(-c2cc(I)c(N)c(I)c2)cc1.OB(O)Oc1cc2ccc(N(c3ccccc3)c3ccccc3)cc2cc1Br. The number of nitrogens with two attached hydrogens (primary N) is 2. The number of rotatable bonds is 18. The van der Waals surface area contributed by atoms with Crippen LogP contribution in [-0.2, 0) is 10.8 Å². The zero-order chi connectivity index (χ0) is 103. The second-order valence-corrected chi connectivity index (χ2v) is 45.8. The number of anilines is 14. The van der Waals surface area contributed by atoms with E-state index in [0.717, 1.165) is 165 Å². The zero-order valence-corrected chi connectivity index (χ0v) is 96.4. The van der Waals surface area contributed by atoms with E-state index in [1.807, 2.05) is 66.7 Å². The molecule has 0 aliphatic carbocycles. The highest BCUT2D eigenvalue weighted by molar-refractivity contribution is 14.1. The van der Waals surface area contributed by atoms with Crippen LogP contribution in [0.4, 0.5) is 79.6 Å². The van der Waals surface area contributed by atoms with Gasteiger partial charge in [-0.05, 0) is 436 Å². The van der Waals surface area contributed by atoms with Crippen LogP contribution in [0.15, 0.2) is 502 Å². The Morgan fingerprint density at radius 2 is 0.493 bits per heavy atom. The van der Waals surface area contributed by atoms with E-state index in [9.17, 15) is 0 Å². The Kier molecular flexibility index (Phi) is 34.0. The Balaban J connectivity index is 0.000000141. The molecule has 0 aromatic heterocycles. The minimum absolute atomic E-state index is 0.0417. The van der Waals surface area contributed by atoms with Crippen molar-refractivity contribution < 1.29 is 14.7 Å². The second kappa shape index (κ2) is 47.9. The Labute approximate surface area is 949 Å². The predicted octanol–water partition coefficient (Wildman–Crippen LogP) is 40.5. The van der Waals surface area contributed by atoms with Crippen LogP contribution in [0.3, 0.4) is 0 Å². The van der Waals surface area contributed by atoms with E-state index in [1.165, 1.54) is 47.4 Å². The highest BCUT2D eigenvalue weighted by atomic mass is 127. The summed E-state index contributed by atoms with van der Waals surface area (Å²) in [6.45, 7) is 13.5. The summed E-state index contributed by atoms with van der Waals surface area (Å²) >= 11 is 25.5. The molecule has 148 heavy (non-hydrogen) atoms. The van der Waals surface area contributed by atoms with Gasteiger partial charge in [0.25, 0.3) is 0 Å². The minimum Gasteiger partial charge on any atom is -0.511 e. The van der Waals surface area contributed by atoms with Crippen LogP contribution >= 0.6 is 147 Å². The standard InChI is InChI=1S/C60H47Br2N3.C22H17BBrNO3.C22H16BrN.C16H17I2N.C10H6BrI/c1-60(2,3)46-28-24-40(25-29-46)45-36-55(53-34-41-26-30-51(32-43(41)38-57(53)61)64(47-16-8-4-9-17-47)48-18-10-5-11-19-48)59(63)56(37-45)54-35-42-27-31-52(33-44(42)39-58(54)62)65(49-20-12-6-13-21-49)50-22-14-7-15-23-50;24-21-14-17-13-20(12-11-16(17)15-22(21)28-23(26)27)25(18-7-3-1-4-8-18)19-9-5-2-6-10-19;23-19-13-11-17-12-14-22(16-18(17)15-19)24(20-7-3-1-4-8-20)21-9-5-2-6-10-21;1-16(2,3)12-6-4-10(5-7-12)11-8-13(17)15(19)14(18)9-11;11-9-3-1-7-2-4-10(12)6-8(7)5-9/h4-39H,63H2,1-3H3;1-15,26-27H;1-16H;4-9H,19H2,1-3H3;1-6H. The maximum atomic E-state index is 9.08. The van der Waals surface area contributed by atoms with Crippen LogP contribution in [0, 0.1) is 10.7 Å². The van der Waals surface area contributed by atoms with Gasteiger partial charge in [-0.3, -0.25) is 0 Å². The van der Waals surface area contributed by atoms with Gasteiger partial charge < -0.3 is 45.8 Å². The summed E-state index contributed by atoms with van der Waals surface area (Å²) in [5.41, 5.74) is 39.8. The van der Waals surface area contributed by atoms with E-state index in [1.54, 1.807) is 6.07 Å². The highest BCUT2D eigenvalue weighted by Crippen LogP contribution is 2.50. The highest BCUT2D eigenvalue weighted by Gasteiger charge is 2.25. The van der Waals surface area contributed by atoms with Crippen LogP contribution in [-0.4, -0.2) is 17.4 Å². The normalized spacial score (nSPS) is 11.2. The number of benzene rings is 22. The van der Waals surface area contributed by atoms with Gasteiger partial charge in [-0.25, -0.2) is 0 Å². The van der Waals surface area contributed by atoms with E-state index in [-0.39, 0.29) is 10.8 Å². The third-order valence-electron chi connectivity index (χ3n) is 25.6. The van der Waals surface area contributed by atoms with Gasteiger partial charge >= 0.3 is 7.32 Å². The van der Waals surface area contributed by atoms with Crippen molar-refractivity contribution in [1.82, 2.24) is 0 Å². The summed E-state index contributed by atoms with van der Waals surface area (Å²) in [7, 11) is -1.86. The van der Waals surface area contributed by atoms with Gasteiger partial charge in [0.1, 0.15) is 5.75 Å². The molecular weight excluding hydrogens is 2480 g/mol. The maximum absolute atomic E-state index is 9.08. The first-order valence-electron chi connectivity index (χ1n) is 48.3. The molecular formula is C130H103BBr5I3N6O3. The van der Waals surface area contributed by atoms with Crippen molar-refractivity contribution in [2.45, 2.75) is 52.4 Å². The van der Waals surface area contributed by atoms with Crippen LogP contribution in [0.1, 0.15) is 52.7 Å². The van der Waals surface area contributed by atoms with Crippen LogP contribution in [0.25, 0.3) is 98.4 Å². The lowest BCUT2D eigenvalue weighted by atomic mass is 9.85. The van der Waals surface area contributed by atoms with Gasteiger partial charge in [-0.1, -0.05) is 342 Å². The molecule has 18 heteroatoms. The molecule has 0 amide bonds. The van der Waals surface area contributed by atoms with E-state index < -0.39 is 7.32 Å². The van der Waals surface area contributed by atoms with Gasteiger partial charge in [0.15, 0.2) is 0 Å². The molecule has 0 bridgehead atoms. The van der Waals surface area contributed by atoms with Crippen molar-refractivity contribution in [3.8, 4) is 50.3 Å². The second-order valence-electron chi connectivity index (χ2n) is 37.8. The molecule has 0 fully saturated rings. The Morgan fingerprint density at radius 3 is 0.797 bits per heavy atom. The van der Waals surface area contributed by atoms with E-state index in [0.29, 0.717) is 15.9 Å². The molecule has 6 N–H and O–H groups in total. The largest absolute Gasteiger partial charge is 0.707 e. The number of hydrogen-bond donors (Lipinski definition) is 4. The van der Waals surface area contributed by atoms with Crippen LogP contribution in [0.2, 0.25) is 0 Å². The van der Waals surface area contributed by atoms with Crippen molar-refractivity contribution >= 4 is 288 Å². The molecule has 730 valence electrons. The van der Waals surface area contributed by atoms with E-state index in [2.05, 4.69) is 615 Å². The van der Waals surface area contributed by atoms with Crippen molar-refractivity contribution in [2.75, 3.05) is 31.1 Å². The molecule has 9 nitrogen and oxygen atoms in total. The van der Waals surface area contributed by atoms with Crippen molar-refractivity contribution in [1.29, 1.82) is 0 Å². The summed E-state index contributed by atoms with van der Waals surface area (Å²) < 4.78 is 13.3. The molecule has 0 aliphatic rings. The molecule has 0 heterocycles. The third-order valence-corrected chi connectivity index (χ3v) is 31.0. The first kappa shape index (κ1) is 105. The smallest absolute Gasteiger partial charge is 0.511 e. The lowest BCUT2D eigenvalue weighted by molar-refractivity contribution is 0.287. The number of hydrogen-bond acceptors (Lipinski definition) is 9. The molecule has 0 saturated carbocycles. The molecule has 0 aliphatic heterocycles. The van der Waals surface area contributed by atoms with Gasteiger partial charge in [0.05, 0.1) is 10.2 Å². The van der Waals surface area contributed by atoms with Crippen molar-refractivity contribution in [2.24, 2.45) is 0 Å². The van der Waals surface area contributed by atoms with Gasteiger partial charge in [0.2, 0.25) is 0 Å². The molecule has 0 radical (unpaired) electrons.